The third-order valence-electron chi connectivity index (χ3n) is 2.74. The van der Waals surface area contributed by atoms with Gasteiger partial charge in [-0.3, -0.25) is 0 Å². The number of benzene rings is 1. The van der Waals surface area contributed by atoms with Crippen molar-refractivity contribution in [3.8, 4) is 0 Å². The summed E-state index contributed by atoms with van der Waals surface area (Å²) in [5.74, 6) is -0.461. The maximum absolute atomic E-state index is 11.7. The second-order valence-electron chi connectivity index (χ2n) is 4.64. The molecule has 2 rings (SSSR count). The summed E-state index contributed by atoms with van der Waals surface area (Å²) >= 11 is 5.95. The Morgan fingerprint density at radius 2 is 2.25 bits per heavy atom. The molecule has 0 aliphatic carbocycles. The van der Waals surface area contributed by atoms with Crippen molar-refractivity contribution in [2.45, 2.75) is 0 Å². The van der Waals surface area contributed by atoms with Crippen LogP contribution in [0.3, 0.4) is 0 Å². The molecule has 106 valence electrons. The second-order valence-corrected chi connectivity index (χ2v) is 5.08. The van der Waals surface area contributed by atoms with E-state index < -0.39 is 5.97 Å². The van der Waals surface area contributed by atoms with E-state index >= 15 is 0 Å². The van der Waals surface area contributed by atoms with Gasteiger partial charge in [0.1, 0.15) is 11.3 Å². The highest BCUT2D eigenvalue weighted by atomic mass is 35.5. The molecule has 1 heterocycles. The fraction of sp³-hybridized carbons (Fsp3) is 0.286. The number of nitrogens with zero attached hydrogens (tertiary/aromatic N) is 2. The van der Waals surface area contributed by atoms with E-state index in [1.54, 1.807) is 24.4 Å². The standard InChI is InChI=1S/C14H16ClN3O2/c1-18(2)7-6-16-9-12-13(17-20-14(12)19)10-4-3-5-11(15)8-10/h3-5,8-9,16H,6-7H2,1-2H3. The third kappa shape index (κ3) is 3.59. The normalized spacial score (nSPS) is 16.5. The van der Waals surface area contributed by atoms with Gasteiger partial charge in [0, 0.05) is 29.9 Å². The molecule has 0 amide bonds. The van der Waals surface area contributed by atoms with Crippen LogP contribution in [0.4, 0.5) is 0 Å². The van der Waals surface area contributed by atoms with E-state index in [4.69, 9.17) is 16.4 Å². The molecule has 1 aromatic rings. The zero-order valence-electron chi connectivity index (χ0n) is 11.4. The van der Waals surface area contributed by atoms with E-state index in [0.29, 0.717) is 16.3 Å². The summed E-state index contributed by atoms with van der Waals surface area (Å²) in [6.45, 7) is 1.59. The second kappa shape index (κ2) is 6.54. The zero-order chi connectivity index (χ0) is 14.5. The van der Waals surface area contributed by atoms with Crippen molar-refractivity contribution >= 4 is 23.3 Å². The van der Waals surface area contributed by atoms with Crippen LogP contribution in [0.1, 0.15) is 5.56 Å². The molecule has 0 saturated heterocycles. The molecule has 1 N–H and O–H groups in total. The molecule has 1 aliphatic heterocycles. The lowest BCUT2D eigenvalue weighted by atomic mass is 10.0. The molecule has 1 aromatic carbocycles. The predicted octanol–water partition coefficient (Wildman–Crippen LogP) is 1.64. The Bertz CT molecular complexity index is 567. The number of likely N-dealkylation sites (N-methyl/N-ethyl adjacent to an activating group) is 1. The van der Waals surface area contributed by atoms with Gasteiger partial charge in [-0.05, 0) is 26.2 Å². The first-order valence-electron chi connectivity index (χ1n) is 6.22. The molecule has 0 bridgehead atoms. The van der Waals surface area contributed by atoms with Crippen LogP contribution in [0, 0.1) is 0 Å². The fourth-order valence-corrected chi connectivity index (χ4v) is 1.91. The number of carbonyl (C=O) groups is 1. The van der Waals surface area contributed by atoms with Crippen molar-refractivity contribution < 1.29 is 9.63 Å². The van der Waals surface area contributed by atoms with Gasteiger partial charge in [0.2, 0.25) is 0 Å². The summed E-state index contributed by atoms with van der Waals surface area (Å²) in [6, 6.07) is 7.15. The fourth-order valence-electron chi connectivity index (χ4n) is 1.72. The van der Waals surface area contributed by atoms with Crippen molar-refractivity contribution in [2.24, 2.45) is 5.16 Å². The zero-order valence-corrected chi connectivity index (χ0v) is 12.1. The first-order chi connectivity index (χ1) is 9.58. The van der Waals surface area contributed by atoms with Crippen LogP contribution in [-0.2, 0) is 9.63 Å². The Morgan fingerprint density at radius 1 is 1.45 bits per heavy atom. The largest absolute Gasteiger partial charge is 0.389 e. The first-order valence-corrected chi connectivity index (χ1v) is 6.59. The van der Waals surface area contributed by atoms with Gasteiger partial charge in [0.15, 0.2) is 0 Å². The maximum atomic E-state index is 11.7. The Kier molecular flexibility index (Phi) is 4.76. The van der Waals surface area contributed by atoms with Gasteiger partial charge < -0.3 is 15.1 Å². The minimum absolute atomic E-state index is 0.408. The summed E-state index contributed by atoms with van der Waals surface area (Å²) < 4.78 is 0. The van der Waals surface area contributed by atoms with Crippen molar-refractivity contribution in [2.75, 3.05) is 27.2 Å². The highest BCUT2D eigenvalue weighted by Crippen LogP contribution is 2.20. The molecule has 0 unspecified atom stereocenters. The molecule has 0 atom stereocenters. The molecule has 0 radical (unpaired) electrons. The number of hydrogen-bond acceptors (Lipinski definition) is 5. The van der Waals surface area contributed by atoms with Crippen LogP contribution in [0.25, 0.3) is 0 Å². The molecular weight excluding hydrogens is 278 g/mol. The van der Waals surface area contributed by atoms with Crippen LogP contribution >= 0.6 is 11.6 Å². The number of carbonyl (C=O) groups excluding carboxylic acids is 1. The SMILES string of the molecule is CN(C)CCNC=C1C(=O)ON=C1c1cccc(Cl)c1. The Labute approximate surface area is 122 Å². The summed E-state index contributed by atoms with van der Waals surface area (Å²) in [6.07, 6.45) is 1.64. The number of nitrogens with one attached hydrogen (secondary N) is 1. The molecule has 0 fully saturated rings. The van der Waals surface area contributed by atoms with E-state index in [0.717, 1.165) is 18.7 Å². The van der Waals surface area contributed by atoms with Gasteiger partial charge in [0.05, 0.1) is 0 Å². The van der Waals surface area contributed by atoms with Crippen molar-refractivity contribution in [3.63, 3.8) is 0 Å². The van der Waals surface area contributed by atoms with Crippen LogP contribution in [0.5, 0.6) is 0 Å². The lowest BCUT2D eigenvalue weighted by Crippen LogP contribution is -2.24. The summed E-state index contributed by atoms with van der Waals surface area (Å²) in [4.78, 5) is 18.5. The van der Waals surface area contributed by atoms with Gasteiger partial charge in [-0.25, -0.2) is 4.79 Å². The van der Waals surface area contributed by atoms with Crippen LogP contribution in [0.2, 0.25) is 5.02 Å². The topological polar surface area (TPSA) is 53.9 Å². The van der Waals surface area contributed by atoms with Crippen LogP contribution in [0.15, 0.2) is 41.2 Å². The molecule has 5 nitrogen and oxygen atoms in total. The van der Waals surface area contributed by atoms with Crippen LogP contribution < -0.4 is 5.32 Å². The highest BCUT2D eigenvalue weighted by molar-refractivity contribution is 6.32. The minimum atomic E-state index is -0.461. The Morgan fingerprint density at radius 3 is 2.95 bits per heavy atom. The van der Waals surface area contributed by atoms with Gasteiger partial charge in [-0.1, -0.05) is 28.9 Å². The summed E-state index contributed by atoms with van der Waals surface area (Å²) in [7, 11) is 3.97. The van der Waals surface area contributed by atoms with Gasteiger partial charge >= 0.3 is 5.97 Å². The first kappa shape index (κ1) is 14.6. The number of halogens is 1. The highest BCUT2D eigenvalue weighted by Gasteiger charge is 2.26. The maximum Gasteiger partial charge on any atom is 0.369 e. The lowest BCUT2D eigenvalue weighted by Gasteiger charge is -2.09. The van der Waals surface area contributed by atoms with E-state index in [1.165, 1.54) is 0 Å². The third-order valence-corrected chi connectivity index (χ3v) is 2.98. The molecule has 20 heavy (non-hydrogen) atoms. The number of oxime groups is 1. The molecule has 1 aliphatic rings. The molecule has 0 spiro atoms. The molecule has 0 saturated carbocycles. The van der Waals surface area contributed by atoms with Crippen molar-refractivity contribution in [1.82, 2.24) is 10.2 Å². The number of rotatable bonds is 5. The van der Waals surface area contributed by atoms with E-state index in [2.05, 4.69) is 10.5 Å². The van der Waals surface area contributed by atoms with Crippen LogP contribution in [-0.4, -0.2) is 43.8 Å². The molecule has 0 aromatic heterocycles. The van der Waals surface area contributed by atoms with Gasteiger partial charge in [0.25, 0.3) is 0 Å². The van der Waals surface area contributed by atoms with E-state index in [1.807, 2.05) is 25.1 Å². The Hall–Kier alpha value is -1.85. The van der Waals surface area contributed by atoms with E-state index in [-0.39, 0.29) is 0 Å². The smallest absolute Gasteiger partial charge is 0.369 e. The van der Waals surface area contributed by atoms with Gasteiger partial charge in [-0.15, -0.1) is 0 Å². The average Bonchev–Trinajstić information content (AvgIpc) is 2.76. The molecular formula is C14H16ClN3O2. The van der Waals surface area contributed by atoms with Gasteiger partial charge in [-0.2, -0.15) is 0 Å². The predicted molar refractivity (Wildman–Crippen MR) is 78.7 cm³/mol. The average molecular weight is 294 g/mol. The lowest BCUT2D eigenvalue weighted by molar-refractivity contribution is -0.136. The Balaban J connectivity index is 2.12. The van der Waals surface area contributed by atoms with Crippen molar-refractivity contribution in [3.05, 3.63) is 46.6 Å². The summed E-state index contributed by atoms with van der Waals surface area (Å²) in [5, 5.41) is 7.49. The van der Waals surface area contributed by atoms with Crippen molar-refractivity contribution in [1.29, 1.82) is 0 Å². The number of hydrogen-bond donors (Lipinski definition) is 1. The van der Waals surface area contributed by atoms with E-state index in [9.17, 15) is 4.79 Å². The minimum Gasteiger partial charge on any atom is -0.389 e. The quantitative estimate of drug-likeness (QED) is 0.509. The summed E-state index contributed by atoms with van der Waals surface area (Å²) in [5.41, 5.74) is 1.66. The monoisotopic (exact) mass is 293 g/mol. The molecule has 6 heteroatoms.